The number of aromatic nitrogens is 5. The van der Waals surface area contributed by atoms with Crippen LogP contribution in [0.4, 0.5) is 10.3 Å². The van der Waals surface area contributed by atoms with Gasteiger partial charge in [0.2, 0.25) is 11.9 Å². The van der Waals surface area contributed by atoms with E-state index >= 15 is 0 Å². The molecule has 0 saturated carbocycles. The molecule has 0 bridgehead atoms. The second-order valence-electron chi connectivity index (χ2n) is 9.14. The van der Waals surface area contributed by atoms with E-state index < -0.39 is 11.5 Å². The molecule has 11 heteroatoms. The summed E-state index contributed by atoms with van der Waals surface area (Å²) in [6.07, 6.45) is 1.79. The molecule has 0 spiro atoms. The zero-order valence-corrected chi connectivity index (χ0v) is 20.6. The number of fused-ring (bicyclic) bond motifs is 2. The first-order valence-electron chi connectivity index (χ1n) is 11.2. The maximum atomic E-state index is 13.5. The monoisotopic (exact) mass is 506 g/mol. The number of benzene rings is 1. The summed E-state index contributed by atoms with van der Waals surface area (Å²) in [6, 6.07) is 9.94. The number of rotatable bonds is 6. The van der Waals surface area contributed by atoms with E-state index in [1.807, 2.05) is 10.6 Å². The first-order valence-corrected chi connectivity index (χ1v) is 12.1. The Balaban J connectivity index is 1.53. The van der Waals surface area contributed by atoms with Crippen molar-refractivity contribution in [2.75, 3.05) is 5.32 Å². The number of aromatic amines is 1. The molecule has 0 atom stereocenters. The first-order chi connectivity index (χ1) is 17.1. The third-order valence-corrected chi connectivity index (χ3v) is 6.88. The molecule has 184 valence electrons. The summed E-state index contributed by atoms with van der Waals surface area (Å²) in [7, 11) is 0. The molecule has 1 aromatic carbocycles. The zero-order chi connectivity index (χ0) is 25.6. The summed E-state index contributed by atoms with van der Waals surface area (Å²) in [5.74, 6) is -0.656. The summed E-state index contributed by atoms with van der Waals surface area (Å²) < 4.78 is 15.3. The van der Waals surface area contributed by atoms with E-state index in [0.29, 0.717) is 57.1 Å². The lowest BCUT2D eigenvalue weighted by atomic mass is 10.1. The van der Waals surface area contributed by atoms with Crippen molar-refractivity contribution in [1.82, 2.24) is 24.5 Å². The molecule has 1 amide bonds. The lowest BCUT2D eigenvalue weighted by Crippen LogP contribution is -2.22. The van der Waals surface area contributed by atoms with E-state index in [1.165, 1.54) is 23.6 Å². The number of amides is 1. The van der Waals surface area contributed by atoms with Crippen molar-refractivity contribution in [3.63, 3.8) is 0 Å². The minimum Gasteiger partial charge on any atom is -0.390 e. The number of pyridine rings is 1. The Morgan fingerprint density at radius 2 is 2.00 bits per heavy atom. The predicted octanol–water partition coefficient (Wildman–Crippen LogP) is 4.26. The SMILES string of the molecule is Cc1nc2cc3c(cc2[nH]c1=O)nc(NC(=O)c1ccc(-c2ccnc(F)c2)s1)n3CCC(C)(C)O. The van der Waals surface area contributed by atoms with Gasteiger partial charge in [0.05, 0.1) is 32.5 Å². The molecule has 4 aromatic heterocycles. The number of anilines is 1. The van der Waals surface area contributed by atoms with Gasteiger partial charge in [-0.25, -0.2) is 15.0 Å². The summed E-state index contributed by atoms with van der Waals surface area (Å²) in [6.45, 7) is 5.44. The number of hydrogen-bond acceptors (Lipinski definition) is 7. The number of carbonyl (C=O) groups excluding carboxylic acids is 1. The van der Waals surface area contributed by atoms with Crippen LogP contribution in [-0.2, 0) is 6.54 Å². The van der Waals surface area contributed by atoms with E-state index in [0.717, 1.165) is 4.88 Å². The molecular weight excluding hydrogens is 483 g/mol. The van der Waals surface area contributed by atoms with Crippen LogP contribution in [0.5, 0.6) is 0 Å². The number of hydrogen-bond donors (Lipinski definition) is 3. The Hall–Kier alpha value is -3.96. The summed E-state index contributed by atoms with van der Waals surface area (Å²) >= 11 is 1.22. The maximum Gasteiger partial charge on any atom is 0.269 e. The molecule has 0 unspecified atom stereocenters. The predicted molar refractivity (Wildman–Crippen MR) is 137 cm³/mol. The lowest BCUT2D eigenvalue weighted by molar-refractivity contribution is 0.0667. The molecule has 9 nitrogen and oxygen atoms in total. The molecule has 0 fully saturated rings. The largest absolute Gasteiger partial charge is 0.390 e. The third kappa shape index (κ3) is 4.75. The highest BCUT2D eigenvalue weighted by Crippen LogP contribution is 2.30. The Morgan fingerprint density at radius 1 is 1.19 bits per heavy atom. The molecule has 0 radical (unpaired) electrons. The number of carbonyl (C=O) groups is 1. The first kappa shape index (κ1) is 23.8. The Labute approximate surface area is 208 Å². The van der Waals surface area contributed by atoms with Gasteiger partial charge >= 0.3 is 0 Å². The average molecular weight is 507 g/mol. The highest BCUT2D eigenvalue weighted by molar-refractivity contribution is 7.17. The minimum absolute atomic E-state index is 0.278. The Kier molecular flexibility index (Phi) is 5.89. The van der Waals surface area contributed by atoms with Crippen LogP contribution in [0, 0.1) is 12.9 Å². The van der Waals surface area contributed by atoms with Crippen molar-refractivity contribution in [3.8, 4) is 10.4 Å². The number of H-pyrrole nitrogens is 1. The number of halogens is 1. The molecule has 0 aliphatic rings. The van der Waals surface area contributed by atoms with Crippen molar-refractivity contribution >= 4 is 45.3 Å². The molecule has 36 heavy (non-hydrogen) atoms. The second kappa shape index (κ2) is 8.92. The number of imidazole rings is 1. The van der Waals surface area contributed by atoms with Gasteiger partial charge in [0.15, 0.2) is 0 Å². The molecule has 0 aliphatic heterocycles. The fourth-order valence-corrected chi connectivity index (χ4v) is 4.74. The van der Waals surface area contributed by atoms with Crippen LogP contribution in [0.2, 0.25) is 0 Å². The van der Waals surface area contributed by atoms with Gasteiger partial charge in [-0.05, 0) is 63.1 Å². The van der Waals surface area contributed by atoms with E-state index in [2.05, 4.69) is 25.3 Å². The number of thiophene rings is 1. The topological polar surface area (TPSA) is 126 Å². The van der Waals surface area contributed by atoms with Crippen LogP contribution < -0.4 is 10.9 Å². The van der Waals surface area contributed by atoms with E-state index in [-0.39, 0.29) is 11.5 Å². The van der Waals surface area contributed by atoms with Crippen molar-refractivity contribution in [1.29, 1.82) is 0 Å². The summed E-state index contributed by atoms with van der Waals surface area (Å²) in [4.78, 5) is 41.7. The fourth-order valence-electron chi connectivity index (χ4n) is 3.84. The number of aryl methyl sites for hydroxylation is 2. The van der Waals surface area contributed by atoms with Crippen LogP contribution in [-0.4, -0.2) is 41.1 Å². The molecule has 3 N–H and O–H groups in total. The van der Waals surface area contributed by atoms with Gasteiger partial charge in [-0.15, -0.1) is 11.3 Å². The van der Waals surface area contributed by atoms with Crippen LogP contribution >= 0.6 is 11.3 Å². The second-order valence-corrected chi connectivity index (χ2v) is 10.2. The van der Waals surface area contributed by atoms with Gasteiger partial charge < -0.3 is 14.7 Å². The van der Waals surface area contributed by atoms with Crippen molar-refractivity contribution in [2.45, 2.75) is 39.3 Å². The van der Waals surface area contributed by atoms with Gasteiger partial charge in [0, 0.05) is 23.7 Å². The summed E-state index contributed by atoms with van der Waals surface area (Å²) in [5.41, 5.74) is 2.17. The third-order valence-electron chi connectivity index (χ3n) is 5.74. The van der Waals surface area contributed by atoms with Gasteiger partial charge in [-0.1, -0.05) is 0 Å². The van der Waals surface area contributed by atoms with Gasteiger partial charge in [-0.3, -0.25) is 14.9 Å². The number of aliphatic hydroxyl groups is 1. The smallest absolute Gasteiger partial charge is 0.269 e. The van der Waals surface area contributed by atoms with E-state index in [1.54, 1.807) is 45.0 Å². The highest BCUT2D eigenvalue weighted by Gasteiger charge is 2.20. The van der Waals surface area contributed by atoms with Crippen LogP contribution in [0.25, 0.3) is 32.5 Å². The van der Waals surface area contributed by atoms with Crippen molar-refractivity contribution in [2.24, 2.45) is 0 Å². The van der Waals surface area contributed by atoms with Crippen LogP contribution in [0.1, 0.15) is 35.6 Å². The fraction of sp³-hybridized carbons (Fsp3) is 0.240. The molecule has 0 aliphatic carbocycles. The average Bonchev–Trinajstić information content (AvgIpc) is 3.42. The zero-order valence-electron chi connectivity index (χ0n) is 19.8. The van der Waals surface area contributed by atoms with Gasteiger partial charge in [0.1, 0.15) is 5.69 Å². The van der Waals surface area contributed by atoms with Crippen LogP contribution in [0.15, 0.2) is 47.4 Å². The van der Waals surface area contributed by atoms with Crippen molar-refractivity contribution in [3.05, 3.63) is 69.5 Å². The Bertz CT molecular complexity index is 1680. The molecule has 4 heterocycles. The molecule has 5 rings (SSSR count). The van der Waals surface area contributed by atoms with Crippen LogP contribution in [0.3, 0.4) is 0 Å². The molecule has 5 aromatic rings. The maximum absolute atomic E-state index is 13.5. The molecular formula is C25H23FN6O3S. The number of nitrogens with one attached hydrogen (secondary N) is 2. The van der Waals surface area contributed by atoms with Gasteiger partial charge in [-0.2, -0.15) is 4.39 Å². The quantitative estimate of drug-likeness (QED) is 0.296. The van der Waals surface area contributed by atoms with E-state index in [9.17, 15) is 19.1 Å². The van der Waals surface area contributed by atoms with Gasteiger partial charge in [0.25, 0.3) is 11.5 Å². The van der Waals surface area contributed by atoms with E-state index in [4.69, 9.17) is 0 Å². The minimum atomic E-state index is -0.933. The standard InChI is InChI=1S/C25H23FN6O3S/c1-13-22(33)29-15-11-17-18(12-16(15)28-13)32(9-7-25(2,3)35)24(30-17)31-23(34)20-5-4-19(36-20)14-6-8-27-21(26)10-14/h4-6,8,10-12,35H,7,9H2,1-3H3,(H,29,33)(H,30,31,34). The lowest BCUT2D eigenvalue weighted by Gasteiger charge is -2.18. The Morgan fingerprint density at radius 3 is 2.75 bits per heavy atom. The molecule has 0 saturated heterocycles. The highest BCUT2D eigenvalue weighted by atomic mass is 32.1. The summed E-state index contributed by atoms with van der Waals surface area (Å²) in [5, 5.41) is 13.2. The normalized spacial score (nSPS) is 11.9. The number of nitrogens with zero attached hydrogens (tertiary/aromatic N) is 4. The van der Waals surface area contributed by atoms with Crippen molar-refractivity contribution < 1.29 is 14.3 Å².